The lowest BCUT2D eigenvalue weighted by atomic mass is 9.82. The highest BCUT2D eigenvalue weighted by molar-refractivity contribution is 6.35. The van der Waals surface area contributed by atoms with Gasteiger partial charge in [-0.3, -0.25) is 0 Å². The smallest absolute Gasteiger partial charge is 0.0794 e. The van der Waals surface area contributed by atoms with Crippen LogP contribution in [0.3, 0.4) is 0 Å². The van der Waals surface area contributed by atoms with Gasteiger partial charge >= 0.3 is 0 Å². The number of hydrogen-bond donors (Lipinski definition) is 1. The fourth-order valence-corrected chi connectivity index (χ4v) is 2.80. The summed E-state index contributed by atoms with van der Waals surface area (Å²) in [6, 6.07) is 3.57. The van der Waals surface area contributed by atoms with Gasteiger partial charge < -0.3 is 5.11 Å². The van der Waals surface area contributed by atoms with Crippen molar-refractivity contribution >= 4 is 23.2 Å². The molecule has 0 spiro atoms. The van der Waals surface area contributed by atoms with E-state index in [4.69, 9.17) is 23.2 Å². The number of hydrogen-bond acceptors (Lipinski definition) is 1. The van der Waals surface area contributed by atoms with Gasteiger partial charge in [-0.1, -0.05) is 30.1 Å². The van der Waals surface area contributed by atoms with Crippen LogP contribution in [0.25, 0.3) is 0 Å². The molecule has 0 aromatic heterocycles. The quantitative estimate of drug-likeness (QED) is 0.717. The van der Waals surface area contributed by atoms with Gasteiger partial charge in [0.15, 0.2) is 0 Å². The predicted molar refractivity (Wildman–Crippen MR) is 59.1 cm³/mol. The zero-order valence-electron chi connectivity index (χ0n) is 7.93. The fourth-order valence-electron chi connectivity index (χ4n) is 2.11. The summed E-state index contributed by atoms with van der Waals surface area (Å²) in [6.45, 7) is 2.13. The minimum atomic E-state index is -0.405. The van der Waals surface area contributed by atoms with Crippen LogP contribution in [0.2, 0.25) is 10.0 Å². The van der Waals surface area contributed by atoms with Crippen molar-refractivity contribution in [3.8, 4) is 0 Å². The SMILES string of the molecule is CC1CC[C@@H](O)c2cc(Cl)cc(Cl)c21. The third-order valence-electron chi connectivity index (χ3n) is 2.85. The highest BCUT2D eigenvalue weighted by Crippen LogP contribution is 2.42. The Labute approximate surface area is 93.7 Å². The zero-order chi connectivity index (χ0) is 10.3. The standard InChI is InChI=1S/C11H12Cl2O/c1-6-2-3-10(14)8-4-7(12)5-9(13)11(6)8/h4-6,10,14H,2-3H2,1H3/t6?,10-/m1/s1. The van der Waals surface area contributed by atoms with Gasteiger partial charge in [-0.05, 0) is 42.0 Å². The Morgan fingerprint density at radius 3 is 2.71 bits per heavy atom. The average Bonchev–Trinajstić information content (AvgIpc) is 2.10. The third-order valence-corrected chi connectivity index (χ3v) is 3.38. The van der Waals surface area contributed by atoms with Gasteiger partial charge in [0.1, 0.15) is 0 Å². The molecule has 0 amide bonds. The van der Waals surface area contributed by atoms with Gasteiger partial charge in [-0.2, -0.15) is 0 Å². The van der Waals surface area contributed by atoms with E-state index in [0.29, 0.717) is 16.0 Å². The maximum atomic E-state index is 9.81. The molecule has 2 atom stereocenters. The third kappa shape index (κ3) is 1.65. The predicted octanol–water partition coefficient (Wildman–Crippen LogP) is 3.92. The Balaban J connectivity index is 2.60. The van der Waals surface area contributed by atoms with Gasteiger partial charge in [0, 0.05) is 10.0 Å². The van der Waals surface area contributed by atoms with Crippen molar-refractivity contribution in [3.05, 3.63) is 33.3 Å². The maximum Gasteiger partial charge on any atom is 0.0794 e. The minimum Gasteiger partial charge on any atom is -0.388 e. The summed E-state index contributed by atoms with van der Waals surface area (Å²) in [5.41, 5.74) is 1.97. The lowest BCUT2D eigenvalue weighted by molar-refractivity contribution is 0.151. The first-order valence-electron chi connectivity index (χ1n) is 4.76. The molecule has 14 heavy (non-hydrogen) atoms. The van der Waals surface area contributed by atoms with Crippen LogP contribution in [0, 0.1) is 0 Å². The van der Waals surface area contributed by atoms with Crippen molar-refractivity contribution in [3.63, 3.8) is 0 Å². The Morgan fingerprint density at radius 1 is 1.29 bits per heavy atom. The Morgan fingerprint density at radius 2 is 2.00 bits per heavy atom. The van der Waals surface area contributed by atoms with E-state index in [0.717, 1.165) is 24.0 Å². The number of rotatable bonds is 0. The molecule has 0 aliphatic heterocycles. The molecule has 1 aromatic carbocycles. The van der Waals surface area contributed by atoms with Crippen molar-refractivity contribution < 1.29 is 5.11 Å². The first-order chi connectivity index (χ1) is 6.59. The highest BCUT2D eigenvalue weighted by Gasteiger charge is 2.25. The molecule has 0 saturated carbocycles. The van der Waals surface area contributed by atoms with Crippen molar-refractivity contribution in [2.45, 2.75) is 31.8 Å². The van der Waals surface area contributed by atoms with Crippen molar-refractivity contribution in [2.75, 3.05) is 0 Å². The number of fused-ring (bicyclic) bond motifs is 1. The first kappa shape index (κ1) is 10.3. The fraction of sp³-hybridized carbons (Fsp3) is 0.455. The summed E-state index contributed by atoms with van der Waals surface area (Å²) >= 11 is 12.0. The van der Waals surface area contributed by atoms with E-state index in [-0.39, 0.29) is 0 Å². The molecule has 0 saturated heterocycles. The molecule has 1 nitrogen and oxygen atoms in total. The molecule has 2 rings (SSSR count). The summed E-state index contributed by atoms with van der Waals surface area (Å²) in [7, 11) is 0. The molecule has 1 unspecified atom stereocenters. The van der Waals surface area contributed by atoms with Gasteiger partial charge in [0.25, 0.3) is 0 Å². The van der Waals surface area contributed by atoms with E-state index in [1.807, 2.05) is 6.07 Å². The normalized spacial score (nSPS) is 26.0. The Hall–Kier alpha value is -0.240. The molecular formula is C11H12Cl2O. The second-order valence-electron chi connectivity index (χ2n) is 3.88. The molecule has 1 aliphatic carbocycles. The van der Waals surface area contributed by atoms with Crippen molar-refractivity contribution in [1.82, 2.24) is 0 Å². The van der Waals surface area contributed by atoms with E-state index in [9.17, 15) is 5.11 Å². The van der Waals surface area contributed by atoms with Crippen LogP contribution in [-0.4, -0.2) is 5.11 Å². The monoisotopic (exact) mass is 230 g/mol. The number of benzene rings is 1. The van der Waals surface area contributed by atoms with Crippen molar-refractivity contribution in [2.24, 2.45) is 0 Å². The van der Waals surface area contributed by atoms with Gasteiger partial charge in [0.2, 0.25) is 0 Å². The largest absolute Gasteiger partial charge is 0.388 e. The molecule has 0 heterocycles. The lowest BCUT2D eigenvalue weighted by Gasteiger charge is -2.27. The number of aliphatic hydroxyl groups is 1. The molecule has 1 aromatic rings. The zero-order valence-corrected chi connectivity index (χ0v) is 9.44. The average molecular weight is 231 g/mol. The van der Waals surface area contributed by atoms with Gasteiger partial charge in [0.05, 0.1) is 6.10 Å². The summed E-state index contributed by atoms with van der Waals surface area (Å²) in [4.78, 5) is 0. The topological polar surface area (TPSA) is 20.2 Å². The second kappa shape index (κ2) is 3.73. The van der Waals surface area contributed by atoms with Gasteiger partial charge in [-0.25, -0.2) is 0 Å². The molecule has 1 N–H and O–H groups in total. The van der Waals surface area contributed by atoms with Crippen LogP contribution in [0.15, 0.2) is 12.1 Å². The van der Waals surface area contributed by atoms with Crippen LogP contribution in [0.5, 0.6) is 0 Å². The van der Waals surface area contributed by atoms with E-state index >= 15 is 0 Å². The second-order valence-corrected chi connectivity index (χ2v) is 4.73. The molecule has 0 bridgehead atoms. The van der Waals surface area contributed by atoms with Crippen LogP contribution in [-0.2, 0) is 0 Å². The van der Waals surface area contributed by atoms with Gasteiger partial charge in [-0.15, -0.1) is 0 Å². The molecule has 0 radical (unpaired) electrons. The molecule has 1 aliphatic rings. The molecule has 3 heteroatoms. The van der Waals surface area contributed by atoms with Crippen LogP contribution < -0.4 is 0 Å². The Bertz CT molecular complexity index is 363. The number of aliphatic hydroxyl groups excluding tert-OH is 1. The maximum absolute atomic E-state index is 9.81. The van der Waals surface area contributed by atoms with E-state index in [1.54, 1.807) is 6.07 Å². The summed E-state index contributed by atoms with van der Waals surface area (Å²) in [5, 5.41) is 11.1. The highest BCUT2D eigenvalue weighted by atomic mass is 35.5. The summed E-state index contributed by atoms with van der Waals surface area (Å²) < 4.78 is 0. The van der Waals surface area contributed by atoms with E-state index in [2.05, 4.69) is 6.92 Å². The summed E-state index contributed by atoms with van der Waals surface area (Å²) in [6.07, 6.45) is 1.37. The minimum absolute atomic E-state index is 0.405. The van der Waals surface area contributed by atoms with Crippen LogP contribution in [0.1, 0.15) is 42.9 Å². The van der Waals surface area contributed by atoms with E-state index < -0.39 is 6.10 Å². The molecular weight excluding hydrogens is 219 g/mol. The lowest BCUT2D eigenvalue weighted by Crippen LogP contribution is -2.12. The van der Waals surface area contributed by atoms with Crippen LogP contribution >= 0.6 is 23.2 Å². The van der Waals surface area contributed by atoms with Crippen LogP contribution in [0.4, 0.5) is 0 Å². The molecule has 0 fully saturated rings. The first-order valence-corrected chi connectivity index (χ1v) is 5.52. The number of halogens is 2. The summed E-state index contributed by atoms with van der Waals surface area (Å²) in [5.74, 6) is 0.415. The van der Waals surface area contributed by atoms with Crippen molar-refractivity contribution in [1.29, 1.82) is 0 Å². The molecule has 76 valence electrons. The van der Waals surface area contributed by atoms with E-state index in [1.165, 1.54) is 0 Å². The Kier molecular flexibility index (Phi) is 2.74.